The third kappa shape index (κ3) is 2.42. The minimum Gasteiger partial charge on any atom is -0.395 e. The fourth-order valence-corrected chi connectivity index (χ4v) is 3.00. The summed E-state index contributed by atoms with van der Waals surface area (Å²) in [5.74, 6) is -1.20. The van der Waals surface area contributed by atoms with E-state index in [9.17, 15) is 13.6 Å². The van der Waals surface area contributed by atoms with E-state index in [1.807, 2.05) is 0 Å². The Bertz CT molecular complexity index is 441. The zero-order valence-electron chi connectivity index (χ0n) is 8.90. The maximum Gasteiger partial charge on any atom is 0.233 e. The van der Waals surface area contributed by atoms with Crippen molar-refractivity contribution in [2.75, 3.05) is 18.9 Å². The lowest BCUT2D eigenvalue weighted by Gasteiger charge is -2.23. The number of rotatable bonds is 3. The van der Waals surface area contributed by atoms with Crippen LogP contribution in [-0.2, 0) is 4.79 Å². The highest BCUT2D eigenvalue weighted by Gasteiger charge is 2.33. The van der Waals surface area contributed by atoms with E-state index >= 15 is 0 Å². The Morgan fingerprint density at radius 2 is 2.24 bits per heavy atom. The molecular formula is C11H11F2NO2S. The number of aliphatic hydroxyl groups excluding tert-OH is 1. The van der Waals surface area contributed by atoms with Gasteiger partial charge in [0.05, 0.1) is 12.4 Å². The Morgan fingerprint density at radius 1 is 1.47 bits per heavy atom. The Kier molecular flexibility index (Phi) is 3.63. The van der Waals surface area contributed by atoms with Gasteiger partial charge in [-0.15, -0.1) is 11.8 Å². The highest BCUT2D eigenvalue weighted by molar-refractivity contribution is 8.00. The van der Waals surface area contributed by atoms with Crippen molar-refractivity contribution in [2.24, 2.45) is 0 Å². The highest BCUT2D eigenvalue weighted by atomic mass is 32.2. The number of hydrogen-bond donors (Lipinski definition) is 1. The fourth-order valence-electron chi connectivity index (χ4n) is 1.76. The standard InChI is InChI=1S/C11H11F2NO2S/c12-7-1-2-8(9(13)5-7)11-14(3-4-15)10(16)6-17-11/h1-2,5,11,15H,3-4,6H2/t11-/m0/s1. The van der Waals surface area contributed by atoms with Crippen LogP contribution < -0.4 is 0 Å². The molecule has 0 aromatic heterocycles. The number of halogens is 2. The number of thioether (sulfide) groups is 1. The fraction of sp³-hybridized carbons (Fsp3) is 0.364. The van der Waals surface area contributed by atoms with Gasteiger partial charge in [-0.05, 0) is 6.07 Å². The van der Waals surface area contributed by atoms with Crippen LogP contribution in [0.5, 0.6) is 0 Å². The first-order chi connectivity index (χ1) is 8.13. The van der Waals surface area contributed by atoms with Crippen molar-refractivity contribution in [1.29, 1.82) is 0 Å². The van der Waals surface area contributed by atoms with Crippen LogP contribution in [0, 0.1) is 11.6 Å². The first-order valence-corrected chi connectivity index (χ1v) is 6.15. The molecule has 0 saturated carbocycles. The molecule has 1 aliphatic heterocycles. The van der Waals surface area contributed by atoms with Crippen LogP contribution in [-0.4, -0.2) is 34.8 Å². The molecule has 0 unspecified atom stereocenters. The maximum atomic E-state index is 13.6. The summed E-state index contributed by atoms with van der Waals surface area (Å²) in [5.41, 5.74) is 0.274. The number of hydrogen-bond acceptors (Lipinski definition) is 3. The van der Waals surface area contributed by atoms with E-state index in [0.717, 1.165) is 6.07 Å². The van der Waals surface area contributed by atoms with Gasteiger partial charge in [0.2, 0.25) is 5.91 Å². The second-order valence-corrected chi connectivity index (χ2v) is 4.71. The Labute approximate surface area is 101 Å². The lowest BCUT2D eigenvalue weighted by atomic mass is 10.2. The van der Waals surface area contributed by atoms with Gasteiger partial charge >= 0.3 is 0 Å². The average molecular weight is 259 g/mol. The van der Waals surface area contributed by atoms with Gasteiger partial charge in [0, 0.05) is 18.2 Å². The predicted octanol–water partition coefficient (Wildman–Crippen LogP) is 1.53. The van der Waals surface area contributed by atoms with Gasteiger partial charge in [0.1, 0.15) is 17.0 Å². The van der Waals surface area contributed by atoms with Crippen LogP contribution in [0.1, 0.15) is 10.9 Å². The van der Waals surface area contributed by atoms with Gasteiger partial charge in [-0.3, -0.25) is 4.79 Å². The summed E-state index contributed by atoms with van der Waals surface area (Å²) in [7, 11) is 0. The first kappa shape index (κ1) is 12.3. The second kappa shape index (κ2) is 5.01. The third-order valence-corrected chi connectivity index (χ3v) is 3.78. The summed E-state index contributed by atoms with van der Waals surface area (Å²) in [6.45, 7) is -0.0150. The van der Waals surface area contributed by atoms with Crippen LogP contribution in [0.2, 0.25) is 0 Å². The largest absolute Gasteiger partial charge is 0.395 e. The van der Waals surface area contributed by atoms with Gasteiger partial charge in [-0.1, -0.05) is 6.07 Å². The summed E-state index contributed by atoms with van der Waals surface area (Å²) in [4.78, 5) is 12.9. The van der Waals surface area contributed by atoms with Crippen LogP contribution >= 0.6 is 11.8 Å². The van der Waals surface area contributed by atoms with Crippen LogP contribution in [0.25, 0.3) is 0 Å². The normalized spacial score (nSPS) is 20.1. The van der Waals surface area contributed by atoms with E-state index in [-0.39, 0.29) is 30.4 Å². The van der Waals surface area contributed by atoms with Crippen molar-refractivity contribution >= 4 is 17.7 Å². The molecule has 2 rings (SSSR count). The number of carbonyl (C=O) groups is 1. The summed E-state index contributed by atoms with van der Waals surface area (Å²) in [6.07, 6.45) is 0. The van der Waals surface area contributed by atoms with Gasteiger partial charge in [-0.2, -0.15) is 0 Å². The molecule has 1 saturated heterocycles. The molecule has 1 aromatic rings. The molecule has 1 fully saturated rings. The molecule has 0 aliphatic carbocycles. The SMILES string of the molecule is O=C1CS[C@@H](c2ccc(F)cc2F)N1CCO. The minimum atomic E-state index is -0.667. The second-order valence-electron chi connectivity index (χ2n) is 3.64. The van der Waals surface area contributed by atoms with Gasteiger partial charge in [0.25, 0.3) is 0 Å². The molecule has 1 heterocycles. The number of β-amino-alcohol motifs (C(OH)–C–C–N with tert-alkyl or cyclic N) is 1. The quantitative estimate of drug-likeness (QED) is 0.895. The molecular weight excluding hydrogens is 248 g/mol. The highest BCUT2D eigenvalue weighted by Crippen LogP contribution is 2.39. The average Bonchev–Trinajstić information content (AvgIpc) is 2.62. The van der Waals surface area contributed by atoms with Crippen molar-refractivity contribution in [3.8, 4) is 0 Å². The van der Waals surface area contributed by atoms with Gasteiger partial charge in [0.15, 0.2) is 0 Å². The molecule has 0 radical (unpaired) electrons. The lowest BCUT2D eigenvalue weighted by Crippen LogP contribution is -2.31. The lowest BCUT2D eigenvalue weighted by molar-refractivity contribution is -0.128. The molecule has 1 N–H and O–H groups in total. The zero-order valence-corrected chi connectivity index (χ0v) is 9.71. The predicted molar refractivity (Wildman–Crippen MR) is 60.4 cm³/mol. The summed E-state index contributed by atoms with van der Waals surface area (Å²) in [6, 6.07) is 3.31. The van der Waals surface area contributed by atoms with E-state index in [4.69, 9.17) is 5.11 Å². The maximum absolute atomic E-state index is 13.6. The molecule has 6 heteroatoms. The van der Waals surface area contributed by atoms with Crippen molar-refractivity contribution in [2.45, 2.75) is 5.37 Å². The number of amides is 1. The van der Waals surface area contributed by atoms with Gasteiger partial charge in [-0.25, -0.2) is 8.78 Å². The van der Waals surface area contributed by atoms with Crippen molar-refractivity contribution in [3.05, 3.63) is 35.4 Å². The van der Waals surface area contributed by atoms with E-state index < -0.39 is 17.0 Å². The summed E-state index contributed by atoms with van der Waals surface area (Å²) >= 11 is 1.27. The zero-order chi connectivity index (χ0) is 12.4. The van der Waals surface area contributed by atoms with Gasteiger partial charge < -0.3 is 10.0 Å². The van der Waals surface area contributed by atoms with Crippen LogP contribution in [0.4, 0.5) is 8.78 Å². The van der Waals surface area contributed by atoms with E-state index in [1.165, 1.54) is 28.8 Å². The minimum absolute atomic E-state index is 0.141. The monoisotopic (exact) mass is 259 g/mol. The molecule has 0 spiro atoms. The number of aliphatic hydroxyl groups is 1. The number of benzene rings is 1. The number of carbonyl (C=O) groups excluding carboxylic acids is 1. The Balaban J connectivity index is 2.29. The number of nitrogens with zero attached hydrogens (tertiary/aromatic N) is 1. The molecule has 92 valence electrons. The Hall–Kier alpha value is -1.14. The molecule has 1 aromatic carbocycles. The van der Waals surface area contributed by atoms with E-state index in [0.29, 0.717) is 0 Å². The topological polar surface area (TPSA) is 40.5 Å². The third-order valence-electron chi connectivity index (χ3n) is 2.54. The van der Waals surface area contributed by atoms with Crippen molar-refractivity contribution in [1.82, 2.24) is 4.90 Å². The van der Waals surface area contributed by atoms with Crippen LogP contribution in [0.3, 0.4) is 0 Å². The van der Waals surface area contributed by atoms with E-state index in [2.05, 4.69) is 0 Å². The summed E-state index contributed by atoms with van der Waals surface area (Å²) < 4.78 is 26.4. The smallest absolute Gasteiger partial charge is 0.233 e. The molecule has 1 aliphatic rings. The summed E-state index contributed by atoms with van der Waals surface area (Å²) in [5, 5.41) is 8.39. The molecule has 0 bridgehead atoms. The molecule has 3 nitrogen and oxygen atoms in total. The van der Waals surface area contributed by atoms with Crippen LogP contribution in [0.15, 0.2) is 18.2 Å². The Morgan fingerprint density at radius 3 is 2.88 bits per heavy atom. The van der Waals surface area contributed by atoms with E-state index in [1.54, 1.807) is 0 Å². The molecule has 1 amide bonds. The first-order valence-electron chi connectivity index (χ1n) is 5.10. The molecule has 17 heavy (non-hydrogen) atoms. The van der Waals surface area contributed by atoms with Crippen molar-refractivity contribution < 1.29 is 18.7 Å². The van der Waals surface area contributed by atoms with Crippen molar-refractivity contribution in [3.63, 3.8) is 0 Å². The molecule has 1 atom stereocenters.